The number of carbonyl (C=O) groups excluding carboxylic acids is 1. The van der Waals surface area contributed by atoms with Crippen molar-refractivity contribution < 1.29 is 24.1 Å². The van der Waals surface area contributed by atoms with Crippen LogP contribution in [0, 0.1) is 17.7 Å². The second kappa shape index (κ2) is 6.52. The van der Waals surface area contributed by atoms with Crippen LogP contribution in [0.5, 0.6) is 5.75 Å². The van der Waals surface area contributed by atoms with Crippen LogP contribution in [-0.2, 0) is 9.53 Å². The van der Waals surface area contributed by atoms with Crippen molar-refractivity contribution in [1.82, 2.24) is 0 Å². The van der Waals surface area contributed by atoms with E-state index in [1.54, 1.807) is 20.8 Å². The summed E-state index contributed by atoms with van der Waals surface area (Å²) in [7, 11) is 0. The number of aromatic hydroxyl groups is 1. The summed E-state index contributed by atoms with van der Waals surface area (Å²) >= 11 is 0. The van der Waals surface area contributed by atoms with Gasteiger partial charge in [-0.05, 0) is 30.5 Å². The number of hydrogen-bond donors (Lipinski definition) is 2. The Bertz CT molecular complexity index is 425. The lowest BCUT2D eigenvalue weighted by atomic mass is 9.86. The number of hydrogen-bond acceptors (Lipinski definition) is 4. The van der Waals surface area contributed by atoms with Crippen LogP contribution in [0.15, 0.2) is 18.2 Å². The number of benzene rings is 1. The molecule has 0 spiro atoms. The second-order valence-electron chi connectivity index (χ2n) is 4.71. The number of phenolic OH excluding ortho intramolecular Hbond substituents is 1. The van der Waals surface area contributed by atoms with E-state index in [1.807, 2.05) is 0 Å². The fraction of sp³-hybridized carbons (Fsp3) is 0.500. The van der Waals surface area contributed by atoms with E-state index in [0.29, 0.717) is 0 Å². The van der Waals surface area contributed by atoms with Crippen molar-refractivity contribution in [3.63, 3.8) is 0 Å². The van der Waals surface area contributed by atoms with E-state index < -0.39 is 23.8 Å². The van der Waals surface area contributed by atoms with Gasteiger partial charge in [0.05, 0.1) is 18.6 Å². The lowest BCUT2D eigenvalue weighted by molar-refractivity contribution is -0.154. The molecule has 4 nitrogen and oxygen atoms in total. The number of rotatable bonds is 5. The zero-order valence-corrected chi connectivity index (χ0v) is 11.3. The minimum absolute atomic E-state index is 0.157. The Hall–Kier alpha value is -1.62. The van der Waals surface area contributed by atoms with Crippen LogP contribution < -0.4 is 0 Å². The Morgan fingerprint density at radius 2 is 2.00 bits per heavy atom. The Morgan fingerprint density at radius 3 is 2.47 bits per heavy atom. The van der Waals surface area contributed by atoms with Crippen LogP contribution in [-0.4, -0.2) is 22.8 Å². The molecule has 0 bridgehead atoms. The van der Waals surface area contributed by atoms with Crippen molar-refractivity contribution in [1.29, 1.82) is 0 Å². The van der Waals surface area contributed by atoms with Crippen molar-refractivity contribution in [3.8, 4) is 5.75 Å². The zero-order valence-electron chi connectivity index (χ0n) is 11.3. The number of aliphatic hydroxyl groups is 1. The topological polar surface area (TPSA) is 66.8 Å². The SMILES string of the molecule is CCOC(=O)C(C(C)C)C(O)c1cc(O)cc(F)c1. The van der Waals surface area contributed by atoms with E-state index in [-0.39, 0.29) is 23.8 Å². The monoisotopic (exact) mass is 270 g/mol. The average Bonchev–Trinajstić information content (AvgIpc) is 2.27. The summed E-state index contributed by atoms with van der Waals surface area (Å²) in [6.45, 7) is 5.42. The first-order chi connectivity index (χ1) is 8.86. The van der Waals surface area contributed by atoms with Gasteiger partial charge in [0, 0.05) is 6.07 Å². The molecule has 1 aromatic rings. The van der Waals surface area contributed by atoms with Gasteiger partial charge in [0.2, 0.25) is 0 Å². The number of esters is 1. The Morgan fingerprint density at radius 1 is 1.37 bits per heavy atom. The number of ether oxygens (including phenoxy) is 1. The summed E-state index contributed by atoms with van der Waals surface area (Å²) < 4.78 is 18.1. The summed E-state index contributed by atoms with van der Waals surface area (Å²) in [6.07, 6.45) is -1.22. The Balaban J connectivity index is 3.05. The van der Waals surface area contributed by atoms with Gasteiger partial charge in [-0.3, -0.25) is 4.79 Å². The molecule has 0 saturated heterocycles. The smallest absolute Gasteiger partial charge is 0.312 e. The maximum Gasteiger partial charge on any atom is 0.312 e. The zero-order chi connectivity index (χ0) is 14.6. The van der Waals surface area contributed by atoms with E-state index in [4.69, 9.17) is 4.74 Å². The summed E-state index contributed by atoms with van der Waals surface area (Å²) in [5.41, 5.74) is 0.157. The normalized spacial score (nSPS) is 14.2. The quantitative estimate of drug-likeness (QED) is 0.806. The largest absolute Gasteiger partial charge is 0.508 e. The summed E-state index contributed by atoms with van der Waals surface area (Å²) in [4.78, 5) is 11.8. The maximum absolute atomic E-state index is 13.2. The van der Waals surface area contributed by atoms with Crippen LogP contribution in [0.2, 0.25) is 0 Å². The summed E-state index contributed by atoms with van der Waals surface area (Å²) in [5.74, 6) is -2.48. The van der Waals surface area contributed by atoms with Crippen molar-refractivity contribution in [2.45, 2.75) is 26.9 Å². The van der Waals surface area contributed by atoms with E-state index in [2.05, 4.69) is 0 Å². The molecular formula is C14H19FO4. The Labute approximate surface area is 111 Å². The van der Waals surface area contributed by atoms with Crippen LogP contribution in [0.25, 0.3) is 0 Å². The number of halogens is 1. The molecular weight excluding hydrogens is 251 g/mol. The van der Waals surface area contributed by atoms with E-state index >= 15 is 0 Å². The number of aliphatic hydroxyl groups excluding tert-OH is 1. The standard InChI is InChI=1S/C14H19FO4/c1-4-19-14(18)12(8(2)3)13(17)9-5-10(15)7-11(16)6-9/h5-8,12-13,16-17H,4H2,1-3H3. The van der Waals surface area contributed by atoms with Gasteiger partial charge in [0.25, 0.3) is 0 Å². The molecule has 0 radical (unpaired) electrons. The molecule has 0 aliphatic carbocycles. The molecule has 0 heterocycles. The molecule has 2 atom stereocenters. The Kier molecular flexibility index (Phi) is 5.30. The molecule has 0 fully saturated rings. The third kappa shape index (κ3) is 3.92. The van der Waals surface area contributed by atoms with Gasteiger partial charge in [-0.15, -0.1) is 0 Å². The molecule has 1 rings (SSSR count). The van der Waals surface area contributed by atoms with Crippen molar-refractivity contribution in [2.24, 2.45) is 11.8 Å². The van der Waals surface area contributed by atoms with Gasteiger partial charge in [0.15, 0.2) is 0 Å². The predicted octanol–water partition coefficient (Wildman–Crippen LogP) is 2.40. The van der Waals surface area contributed by atoms with Gasteiger partial charge in [-0.25, -0.2) is 4.39 Å². The minimum atomic E-state index is -1.22. The van der Waals surface area contributed by atoms with Gasteiger partial charge in [-0.2, -0.15) is 0 Å². The third-order valence-corrected chi connectivity index (χ3v) is 2.86. The minimum Gasteiger partial charge on any atom is -0.508 e. The first-order valence-electron chi connectivity index (χ1n) is 6.21. The van der Waals surface area contributed by atoms with Crippen molar-refractivity contribution in [2.75, 3.05) is 6.61 Å². The lowest BCUT2D eigenvalue weighted by Crippen LogP contribution is -2.29. The van der Waals surface area contributed by atoms with E-state index in [1.165, 1.54) is 6.07 Å². The average molecular weight is 270 g/mol. The highest BCUT2D eigenvalue weighted by Gasteiger charge is 2.32. The molecule has 0 amide bonds. The fourth-order valence-electron chi connectivity index (χ4n) is 1.98. The molecule has 1 aromatic carbocycles. The van der Waals surface area contributed by atoms with Gasteiger partial charge >= 0.3 is 5.97 Å². The van der Waals surface area contributed by atoms with E-state index in [9.17, 15) is 19.4 Å². The first-order valence-corrected chi connectivity index (χ1v) is 6.21. The fourth-order valence-corrected chi connectivity index (χ4v) is 1.98. The molecule has 19 heavy (non-hydrogen) atoms. The maximum atomic E-state index is 13.2. The predicted molar refractivity (Wildman–Crippen MR) is 68.0 cm³/mol. The van der Waals surface area contributed by atoms with Gasteiger partial charge < -0.3 is 14.9 Å². The first kappa shape index (κ1) is 15.4. The second-order valence-corrected chi connectivity index (χ2v) is 4.71. The van der Waals surface area contributed by atoms with Gasteiger partial charge in [0.1, 0.15) is 11.6 Å². The highest BCUT2D eigenvalue weighted by Crippen LogP contribution is 2.31. The highest BCUT2D eigenvalue weighted by atomic mass is 19.1. The molecule has 2 unspecified atom stereocenters. The highest BCUT2D eigenvalue weighted by molar-refractivity contribution is 5.73. The van der Waals surface area contributed by atoms with Crippen LogP contribution >= 0.6 is 0 Å². The van der Waals surface area contributed by atoms with Gasteiger partial charge in [-0.1, -0.05) is 13.8 Å². The molecule has 0 aliphatic rings. The lowest BCUT2D eigenvalue weighted by Gasteiger charge is -2.24. The molecule has 0 aromatic heterocycles. The summed E-state index contributed by atoms with van der Waals surface area (Å²) in [5, 5.41) is 19.6. The summed E-state index contributed by atoms with van der Waals surface area (Å²) in [6, 6.07) is 3.27. The van der Waals surface area contributed by atoms with Crippen molar-refractivity contribution >= 4 is 5.97 Å². The van der Waals surface area contributed by atoms with Crippen LogP contribution in [0.3, 0.4) is 0 Å². The number of phenols is 1. The third-order valence-electron chi connectivity index (χ3n) is 2.86. The molecule has 106 valence electrons. The van der Waals surface area contributed by atoms with E-state index in [0.717, 1.165) is 12.1 Å². The van der Waals surface area contributed by atoms with Crippen LogP contribution in [0.4, 0.5) is 4.39 Å². The number of carbonyl (C=O) groups is 1. The van der Waals surface area contributed by atoms with Crippen LogP contribution in [0.1, 0.15) is 32.4 Å². The van der Waals surface area contributed by atoms with Crippen molar-refractivity contribution in [3.05, 3.63) is 29.6 Å². The molecule has 2 N–H and O–H groups in total. The molecule has 5 heteroatoms. The molecule has 0 saturated carbocycles. The molecule has 0 aliphatic heterocycles.